The zero-order valence-electron chi connectivity index (χ0n) is 14.6. The molecular formula is C19H17FN4O3. The smallest absolute Gasteiger partial charge is 0.278 e. The lowest BCUT2D eigenvalue weighted by Crippen LogP contribution is -2.24. The van der Waals surface area contributed by atoms with Crippen molar-refractivity contribution in [2.24, 2.45) is 0 Å². The van der Waals surface area contributed by atoms with Gasteiger partial charge in [0.15, 0.2) is 5.69 Å². The van der Waals surface area contributed by atoms with Gasteiger partial charge in [0.05, 0.1) is 26.0 Å². The number of nitrogens with zero attached hydrogens (tertiary/aromatic N) is 3. The summed E-state index contributed by atoms with van der Waals surface area (Å²) >= 11 is 0. The molecule has 138 valence electrons. The zero-order valence-corrected chi connectivity index (χ0v) is 14.6. The highest BCUT2D eigenvalue weighted by Gasteiger charge is 2.27. The third-order valence-electron chi connectivity index (χ3n) is 4.40. The van der Waals surface area contributed by atoms with Crippen LogP contribution in [0.25, 0.3) is 0 Å². The molecule has 27 heavy (non-hydrogen) atoms. The predicted octanol–water partition coefficient (Wildman–Crippen LogP) is 2.95. The summed E-state index contributed by atoms with van der Waals surface area (Å²) < 4.78 is 25.7. The predicted molar refractivity (Wildman–Crippen MR) is 94.9 cm³/mol. The molecule has 1 N–H and O–H groups in total. The summed E-state index contributed by atoms with van der Waals surface area (Å²) in [6, 6.07) is 13.1. The fourth-order valence-electron chi connectivity index (χ4n) is 2.93. The number of ether oxygens (including phenoxy) is 2. The fourth-order valence-corrected chi connectivity index (χ4v) is 2.93. The highest BCUT2D eigenvalue weighted by molar-refractivity contribution is 6.03. The molecule has 1 atom stereocenters. The molecule has 0 saturated carbocycles. The standard InChI is InChI=1S/C19H17FN4O3/c1-26-15-8-2-12(3-9-15)17-10-24-16(11-27-17)18(22-23-24)19(25)21-14-6-4-13(20)5-7-14/h2-9,17H,10-11H2,1H3,(H,21,25)/t17-/m0/s1. The Morgan fingerprint density at radius 3 is 2.67 bits per heavy atom. The number of benzene rings is 2. The Hall–Kier alpha value is -3.26. The van der Waals surface area contributed by atoms with Crippen molar-refractivity contribution in [3.05, 3.63) is 71.3 Å². The first-order valence-corrected chi connectivity index (χ1v) is 8.39. The topological polar surface area (TPSA) is 78.3 Å². The van der Waals surface area contributed by atoms with Crippen LogP contribution in [-0.4, -0.2) is 28.0 Å². The highest BCUT2D eigenvalue weighted by atomic mass is 19.1. The number of methoxy groups -OCH3 is 1. The maximum atomic E-state index is 13.0. The average molecular weight is 368 g/mol. The number of amides is 1. The first-order chi connectivity index (χ1) is 13.1. The van der Waals surface area contributed by atoms with E-state index in [4.69, 9.17) is 9.47 Å². The molecule has 2 aromatic carbocycles. The summed E-state index contributed by atoms with van der Waals surface area (Å²) in [5.41, 5.74) is 2.29. The first kappa shape index (κ1) is 17.2. The summed E-state index contributed by atoms with van der Waals surface area (Å²) in [4.78, 5) is 12.5. The molecule has 0 saturated heterocycles. The summed E-state index contributed by atoms with van der Waals surface area (Å²) in [5.74, 6) is -0.00267. The fraction of sp³-hybridized carbons (Fsp3) is 0.211. The lowest BCUT2D eigenvalue weighted by Gasteiger charge is -2.24. The van der Waals surface area contributed by atoms with Crippen molar-refractivity contribution in [3.63, 3.8) is 0 Å². The maximum Gasteiger partial charge on any atom is 0.278 e. The normalized spacial score (nSPS) is 15.9. The van der Waals surface area contributed by atoms with E-state index in [0.717, 1.165) is 11.3 Å². The molecule has 0 bridgehead atoms. The molecule has 0 spiro atoms. The molecule has 2 heterocycles. The first-order valence-electron chi connectivity index (χ1n) is 8.39. The van der Waals surface area contributed by atoms with E-state index in [1.807, 2.05) is 24.3 Å². The lowest BCUT2D eigenvalue weighted by atomic mass is 10.1. The van der Waals surface area contributed by atoms with E-state index in [-0.39, 0.29) is 24.2 Å². The summed E-state index contributed by atoms with van der Waals surface area (Å²) in [7, 11) is 1.62. The van der Waals surface area contributed by atoms with Crippen LogP contribution in [0.3, 0.4) is 0 Å². The molecule has 0 unspecified atom stereocenters. The molecule has 8 heteroatoms. The lowest BCUT2D eigenvalue weighted by molar-refractivity contribution is -0.00173. The van der Waals surface area contributed by atoms with Gasteiger partial charge >= 0.3 is 0 Å². The number of carbonyl (C=O) groups is 1. The van der Waals surface area contributed by atoms with Crippen molar-refractivity contribution >= 4 is 11.6 Å². The number of rotatable bonds is 4. The molecule has 1 amide bonds. The number of carbonyl (C=O) groups excluding carboxylic acids is 1. The van der Waals surface area contributed by atoms with Gasteiger partial charge in [0.25, 0.3) is 5.91 Å². The van der Waals surface area contributed by atoms with E-state index >= 15 is 0 Å². The third-order valence-corrected chi connectivity index (χ3v) is 4.40. The highest BCUT2D eigenvalue weighted by Crippen LogP contribution is 2.28. The van der Waals surface area contributed by atoms with Crippen molar-refractivity contribution in [2.75, 3.05) is 12.4 Å². The molecule has 3 aromatic rings. The van der Waals surface area contributed by atoms with Crippen LogP contribution in [0.1, 0.15) is 27.8 Å². The Labute approximate surface area is 154 Å². The molecule has 0 fully saturated rings. The van der Waals surface area contributed by atoms with Crippen molar-refractivity contribution in [3.8, 4) is 5.75 Å². The minimum atomic E-state index is -0.408. The summed E-state index contributed by atoms with van der Waals surface area (Å²) in [5, 5.41) is 10.8. The average Bonchev–Trinajstić information content (AvgIpc) is 3.13. The van der Waals surface area contributed by atoms with Crippen LogP contribution in [0.2, 0.25) is 0 Å². The van der Waals surface area contributed by atoms with Gasteiger partial charge in [-0.3, -0.25) is 4.79 Å². The van der Waals surface area contributed by atoms with Crippen LogP contribution in [0.5, 0.6) is 5.75 Å². The van der Waals surface area contributed by atoms with Crippen molar-refractivity contribution in [2.45, 2.75) is 19.3 Å². The van der Waals surface area contributed by atoms with Crippen LogP contribution in [0, 0.1) is 5.82 Å². The second kappa shape index (κ2) is 7.16. The molecule has 1 aliphatic rings. The Kier molecular flexibility index (Phi) is 4.55. The van der Waals surface area contributed by atoms with Crippen molar-refractivity contribution in [1.29, 1.82) is 0 Å². The van der Waals surface area contributed by atoms with Crippen molar-refractivity contribution in [1.82, 2.24) is 15.0 Å². The van der Waals surface area contributed by atoms with Gasteiger partial charge in [0.2, 0.25) is 0 Å². The Morgan fingerprint density at radius 1 is 1.22 bits per heavy atom. The number of hydrogen-bond donors (Lipinski definition) is 1. The van der Waals surface area contributed by atoms with Crippen LogP contribution < -0.4 is 10.1 Å². The summed E-state index contributed by atoms with van der Waals surface area (Å²) in [6.45, 7) is 0.675. The molecular weight excluding hydrogens is 351 g/mol. The molecule has 0 aliphatic carbocycles. The number of hydrogen-bond acceptors (Lipinski definition) is 5. The monoisotopic (exact) mass is 368 g/mol. The largest absolute Gasteiger partial charge is 0.497 e. The molecule has 1 aliphatic heterocycles. The van der Waals surface area contributed by atoms with Gasteiger partial charge in [-0.2, -0.15) is 0 Å². The SMILES string of the molecule is COc1ccc([C@@H]2Cn3nnc(C(=O)Nc4ccc(F)cc4)c3CO2)cc1. The summed E-state index contributed by atoms with van der Waals surface area (Å²) in [6.07, 6.45) is -0.182. The van der Waals surface area contributed by atoms with Gasteiger partial charge in [-0.05, 0) is 42.0 Å². The third kappa shape index (κ3) is 3.52. The second-order valence-corrected chi connectivity index (χ2v) is 6.10. The van der Waals surface area contributed by atoms with Gasteiger partial charge in [0.1, 0.15) is 17.7 Å². The molecule has 1 aromatic heterocycles. The minimum Gasteiger partial charge on any atom is -0.497 e. The number of halogens is 1. The quantitative estimate of drug-likeness (QED) is 0.766. The molecule has 0 radical (unpaired) electrons. The van der Waals surface area contributed by atoms with E-state index in [2.05, 4.69) is 15.6 Å². The van der Waals surface area contributed by atoms with Crippen LogP contribution in [0.15, 0.2) is 48.5 Å². The van der Waals surface area contributed by atoms with Crippen LogP contribution >= 0.6 is 0 Å². The van der Waals surface area contributed by atoms with E-state index in [1.54, 1.807) is 11.8 Å². The van der Waals surface area contributed by atoms with E-state index < -0.39 is 5.91 Å². The Balaban J connectivity index is 1.49. The van der Waals surface area contributed by atoms with E-state index in [1.165, 1.54) is 24.3 Å². The van der Waals surface area contributed by atoms with Crippen molar-refractivity contribution < 1.29 is 18.7 Å². The van der Waals surface area contributed by atoms with Crippen LogP contribution in [-0.2, 0) is 17.9 Å². The Morgan fingerprint density at radius 2 is 1.96 bits per heavy atom. The number of fused-ring (bicyclic) bond motifs is 1. The Bertz CT molecular complexity index is 954. The van der Waals surface area contributed by atoms with Gasteiger partial charge in [-0.15, -0.1) is 5.10 Å². The van der Waals surface area contributed by atoms with Gasteiger partial charge < -0.3 is 14.8 Å². The number of anilines is 1. The van der Waals surface area contributed by atoms with Crippen LogP contribution in [0.4, 0.5) is 10.1 Å². The number of aromatic nitrogens is 3. The maximum absolute atomic E-state index is 13.0. The molecule has 4 rings (SSSR count). The van der Waals surface area contributed by atoms with E-state index in [9.17, 15) is 9.18 Å². The van der Waals surface area contributed by atoms with E-state index in [0.29, 0.717) is 17.9 Å². The van der Waals surface area contributed by atoms with Gasteiger partial charge in [-0.1, -0.05) is 17.3 Å². The van der Waals surface area contributed by atoms with Gasteiger partial charge in [0, 0.05) is 5.69 Å². The number of nitrogens with one attached hydrogen (secondary N) is 1. The zero-order chi connectivity index (χ0) is 18.8. The minimum absolute atomic E-state index is 0.182. The van der Waals surface area contributed by atoms with Gasteiger partial charge in [-0.25, -0.2) is 9.07 Å². The second-order valence-electron chi connectivity index (χ2n) is 6.10. The molecule has 7 nitrogen and oxygen atoms in total.